The van der Waals surface area contributed by atoms with Crippen molar-refractivity contribution in [3.63, 3.8) is 0 Å². The predicted octanol–water partition coefficient (Wildman–Crippen LogP) is 3.18. The summed E-state index contributed by atoms with van der Waals surface area (Å²) in [6.07, 6.45) is 2.34. The SMILES string of the molecule is C=C(C)NCCCC.CC(=O)CCC(NC(=O)CNC(=O)CN(Cc1ccccc1C)C(C)=O)C(=O)OC(C)C. The maximum absolute atomic E-state index is 12.3. The van der Waals surface area contributed by atoms with Crippen LogP contribution in [-0.4, -0.2) is 66.2 Å². The molecule has 0 saturated carbocycles. The number of aryl methyl sites for hydroxylation is 1. The number of amides is 3. The standard InChI is InChI=1S/C23H33N3O6.C7H15N/c1-15(2)32-23(31)20(11-10-17(4)27)25-21(29)12-24-22(30)14-26(18(5)28)13-19-9-7-6-8-16(19)3;1-4-5-6-8-7(2)3/h6-9,15,20H,10-14H2,1-5H3,(H,24,30)(H,25,29);8H,2,4-6H2,1,3H3. The molecule has 1 unspecified atom stereocenters. The number of allylic oxidation sites excluding steroid dienone is 1. The van der Waals surface area contributed by atoms with E-state index in [2.05, 4.69) is 29.5 Å². The summed E-state index contributed by atoms with van der Waals surface area (Å²) in [4.78, 5) is 61.3. The van der Waals surface area contributed by atoms with Crippen molar-refractivity contribution in [1.82, 2.24) is 20.9 Å². The summed E-state index contributed by atoms with van der Waals surface area (Å²) < 4.78 is 5.12. The summed E-state index contributed by atoms with van der Waals surface area (Å²) in [7, 11) is 0. The van der Waals surface area contributed by atoms with Gasteiger partial charge in [-0.05, 0) is 58.6 Å². The van der Waals surface area contributed by atoms with E-state index in [0.717, 1.165) is 23.4 Å². The lowest BCUT2D eigenvalue weighted by Gasteiger charge is -2.22. The van der Waals surface area contributed by atoms with Gasteiger partial charge in [-0.1, -0.05) is 44.2 Å². The van der Waals surface area contributed by atoms with Crippen LogP contribution in [0.25, 0.3) is 0 Å². The number of ketones is 1. The molecule has 0 saturated heterocycles. The number of Topliss-reactive ketones (excluding diaryl/α,β-unsaturated/α-hetero) is 1. The highest BCUT2D eigenvalue weighted by Crippen LogP contribution is 2.10. The van der Waals surface area contributed by atoms with Crippen LogP contribution in [0.1, 0.15) is 78.4 Å². The van der Waals surface area contributed by atoms with Gasteiger partial charge in [0.2, 0.25) is 17.7 Å². The Morgan fingerprint density at radius 2 is 1.65 bits per heavy atom. The molecule has 0 fully saturated rings. The molecular formula is C30H48N4O6. The number of hydrogen-bond donors (Lipinski definition) is 3. The summed E-state index contributed by atoms with van der Waals surface area (Å²) >= 11 is 0. The van der Waals surface area contributed by atoms with Gasteiger partial charge in [-0.15, -0.1) is 0 Å². The van der Waals surface area contributed by atoms with E-state index in [-0.39, 0.29) is 50.3 Å². The van der Waals surface area contributed by atoms with Gasteiger partial charge in [0.05, 0.1) is 19.2 Å². The lowest BCUT2D eigenvalue weighted by Crippen LogP contribution is -2.48. The highest BCUT2D eigenvalue weighted by Gasteiger charge is 2.24. The number of benzene rings is 1. The number of nitrogens with one attached hydrogen (secondary N) is 3. The summed E-state index contributed by atoms with van der Waals surface area (Å²) in [5.74, 6) is -2.13. The van der Waals surface area contributed by atoms with Crippen LogP contribution < -0.4 is 16.0 Å². The highest BCUT2D eigenvalue weighted by molar-refractivity contribution is 5.90. The molecule has 40 heavy (non-hydrogen) atoms. The lowest BCUT2D eigenvalue weighted by molar-refractivity contribution is -0.151. The van der Waals surface area contributed by atoms with Gasteiger partial charge < -0.3 is 30.4 Å². The van der Waals surface area contributed by atoms with Gasteiger partial charge in [0.1, 0.15) is 11.8 Å². The topological polar surface area (TPSA) is 134 Å². The molecule has 0 aliphatic heterocycles. The van der Waals surface area contributed by atoms with Crippen LogP contribution in [0.4, 0.5) is 0 Å². The zero-order chi connectivity index (χ0) is 30.7. The molecule has 0 heterocycles. The fourth-order valence-electron chi connectivity index (χ4n) is 3.31. The molecule has 224 valence electrons. The van der Waals surface area contributed by atoms with E-state index in [1.165, 1.54) is 31.6 Å². The van der Waals surface area contributed by atoms with Crippen molar-refractivity contribution >= 4 is 29.5 Å². The Kier molecular flexibility index (Phi) is 18.4. The minimum absolute atomic E-state index is 0.106. The summed E-state index contributed by atoms with van der Waals surface area (Å²) in [6.45, 7) is 16.7. The number of ether oxygens (including phenoxy) is 1. The predicted molar refractivity (Wildman–Crippen MR) is 156 cm³/mol. The van der Waals surface area contributed by atoms with E-state index in [0.29, 0.717) is 0 Å². The minimum atomic E-state index is -0.986. The van der Waals surface area contributed by atoms with Crippen molar-refractivity contribution in [3.8, 4) is 0 Å². The first-order valence-corrected chi connectivity index (χ1v) is 13.7. The Morgan fingerprint density at radius 3 is 2.17 bits per heavy atom. The normalized spacial score (nSPS) is 10.9. The fraction of sp³-hybridized carbons (Fsp3) is 0.567. The molecule has 0 bridgehead atoms. The molecule has 3 amide bonds. The molecule has 3 N–H and O–H groups in total. The van der Waals surface area contributed by atoms with Crippen LogP contribution in [0, 0.1) is 6.92 Å². The molecule has 0 aliphatic rings. The molecule has 10 heteroatoms. The first-order valence-electron chi connectivity index (χ1n) is 13.7. The van der Waals surface area contributed by atoms with Crippen molar-refractivity contribution in [3.05, 3.63) is 47.7 Å². The van der Waals surface area contributed by atoms with Crippen LogP contribution in [0.2, 0.25) is 0 Å². The van der Waals surface area contributed by atoms with E-state index in [1.807, 2.05) is 38.1 Å². The second-order valence-corrected chi connectivity index (χ2v) is 9.99. The Bertz CT molecular complexity index is 992. The zero-order valence-corrected chi connectivity index (χ0v) is 25.2. The van der Waals surface area contributed by atoms with Gasteiger partial charge in [0.25, 0.3) is 0 Å². The van der Waals surface area contributed by atoms with E-state index < -0.39 is 23.8 Å². The smallest absolute Gasteiger partial charge is 0.328 e. The van der Waals surface area contributed by atoms with Crippen LogP contribution in [0.3, 0.4) is 0 Å². The first kappa shape index (κ1) is 36.3. The van der Waals surface area contributed by atoms with Crippen molar-refractivity contribution in [2.75, 3.05) is 19.6 Å². The van der Waals surface area contributed by atoms with Crippen LogP contribution >= 0.6 is 0 Å². The molecule has 0 radical (unpaired) electrons. The Balaban J connectivity index is 0.00000165. The minimum Gasteiger partial charge on any atom is -0.461 e. The van der Waals surface area contributed by atoms with E-state index in [1.54, 1.807) is 13.8 Å². The molecule has 1 rings (SSSR count). The second kappa shape index (κ2) is 20.2. The third kappa shape index (κ3) is 17.8. The van der Waals surface area contributed by atoms with Crippen LogP contribution in [-0.2, 0) is 35.3 Å². The fourth-order valence-corrected chi connectivity index (χ4v) is 3.31. The van der Waals surface area contributed by atoms with Gasteiger partial charge in [-0.2, -0.15) is 0 Å². The number of rotatable bonds is 16. The molecule has 10 nitrogen and oxygen atoms in total. The molecule has 0 spiro atoms. The van der Waals surface area contributed by atoms with E-state index in [4.69, 9.17) is 4.74 Å². The quantitative estimate of drug-likeness (QED) is 0.209. The second-order valence-electron chi connectivity index (χ2n) is 9.99. The van der Waals surface area contributed by atoms with E-state index >= 15 is 0 Å². The van der Waals surface area contributed by atoms with Crippen molar-refractivity contribution < 1.29 is 28.7 Å². The monoisotopic (exact) mass is 560 g/mol. The molecule has 0 aliphatic carbocycles. The Hall–Kier alpha value is -3.69. The summed E-state index contributed by atoms with van der Waals surface area (Å²) in [5, 5.41) is 8.10. The first-order chi connectivity index (χ1) is 18.8. The molecule has 1 aromatic carbocycles. The average Bonchev–Trinajstić information content (AvgIpc) is 2.85. The molecule has 0 aromatic heterocycles. The maximum Gasteiger partial charge on any atom is 0.328 e. The van der Waals surface area contributed by atoms with Crippen molar-refractivity contribution in [2.45, 2.75) is 92.8 Å². The number of unbranched alkanes of at least 4 members (excludes halogenated alkanes) is 1. The van der Waals surface area contributed by atoms with Gasteiger partial charge >= 0.3 is 5.97 Å². The Labute approximate surface area is 239 Å². The number of carbonyl (C=O) groups is 5. The number of hydrogen-bond acceptors (Lipinski definition) is 7. The summed E-state index contributed by atoms with van der Waals surface area (Å²) in [6, 6.07) is 6.57. The third-order valence-corrected chi connectivity index (χ3v) is 5.56. The average molecular weight is 561 g/mol. The van der Waals surface area contributed by atoms with Gasteiger partial charge in [0, 0.05) is 32.1 Å². The van der Waals surface area contributed by atoms with Gasteiger partial charge in [0.15, 0.2) is 0 Å². The zero-order valence-electron chi connectivity index (χ0n) is 25.2. The Morgan fingerprint density at radius 1 is 1.00 bits per heavy atom. The maximum atomic E-state index is 12.3. The van der Waals surface area contributed by atoms with Gasteiger partial charge in [-0.25, -0.2) is 4.79 Å². The highest BCUT2D eigenvalue weighted by atomic mass is 16.5. The van der Waals surface area contributed by atoms with Gasteiger partial charge in [-0.3, -0.25) is 14.4 Å². The third-order valence-electron chi connectivity index (χ3n) is 5.56. The van der Waals surface area contributed by atoms with Crippen LogP contribution in [0.15, 0.2) is 36.5 Å². The molecular weight excluding hydrogens is 512 g/mol. The van der Waals surface area contributed by atoms with E-state index in [9.17, 15) is 24.0 Å². The number of carbonyl (C=O) groups excluding carboxylic acids is 5. The summed E-state index contributed by atoms with van der Waals surface area (Å²) in [5.41, 5.74) is 2.99. The molecule has 1 atom stereocenters. The van der Waals surface area contributed by atoms with Crippen molar-refractivity contribution in [1.29, 1.82) is 0 Å². The molecule has 1 aromatic rings. The number of nitrogens with zero attached hydrogens (tertiary/aromatic N) is 1. The van der Waals surface area contributed by atoms with Crippen LogP contribution in [0.5, 0.6) is 0 Å². The number of esters is 1. The lowest BCUT2D eigenvalue weighted by atomic mass is 10.1. The largest absolute Gasteiger partial charge is 0.461 e. The van der Waals surface area contributed by atoms with Crippen molar-refractivity contribution in [2.24, 2.45) is 0 Å².